The third kappa shape index (κ3) is 5.23. The molecule has 1 amide bonds. The third-order valence-electron chi connectivity index (χ3n) is 3.96. The Balaban J connectivity index is 1.66. The van der Waals surface area contributed by atoms with Crippen molar-refractivity contribution in [3.63, 3.8) is 0 Å². The SMILES string of the molecule is O=C(COC(=O)c1cccc([N+](=O)[O-])c1)N[C@@H](c1ccc(F)cc1)c1cccs1. The molecule has 2 aromatic carbocycles. The monoisotopic (exact) mass is 414 g/mol. The first-order valence-electron chi connectivity index (χ1n) is 8.44. The van der Waals surface area contributed by atoms with Crippen LogP contribution >= 0.6 is 11.3 Å². The topological polar surface area (TPSA) is 98.5 Å². The first kappa shape index (κ1) is 20.2. The van der Waals surface area contributed by atoms with Crippen LogP contribution in [0.2, 0.25) is 0 Å². The maximum Gasteiger partial charge on any atom is 0.338 e. The molecule has 0 aliphatic carbocycles. The van der Waals surface area contributed by atoms with Gasteiger partial charge >= 0.3 is 5.97 Å². The fourth-order valence-corrected chi connectivity index (χ4v) is 3.40. The van der Waals surface area contributed by atoms with E-state index in [2.05, 4.69) is 5.32 Å². The second-order valence-electron chi connectivity index (χ2n) is 5.95. The number of ether oxygens (including phenoxy) is 1. The van der Waals surface area contributed by atoms with E-state index in [0.29, 0.717) is 5.56 Å². The van der Waals surface area contributed by atoms with E-state index in [1.807, 2.05) is 17.5 Å². The highest BCUT2D eigenvalue weighted by molar-refractivity contribution is 7.10. The molecule has 0 fully saturated rings. The molecule has 0 aliphatic heterocycles. The van der Waals surface area contributed by atoms with Crippen molar-refractivity contribution in [1.29, 1.82) is 0 Å². The molecule has 0 saturated carbocycles. The number of thiophene rings is 1. The van der Waals surface area contributed by atoms with E-state index >= 15 is 0 Å². The number of nitro benzene ring substituents is 1. The van der Waals surface area contributed by atoms with Crippen LogP contribution in [0.3, 0.4) is 0 Å². The minimum atomic E-state index is -0.849. The van der Waals surface area contributed by atoms with E-state index in [0.717, 1.165) is 10.9 Å². The number of esters is 1. The summed E-state index contributed by atoms with van der Waals surface area (Å²) in [6.45, 7) is -0.565. The maximum atomic E-state index is 13.2. The molecule has 1 heterocycles. The molecule has 1 aromatic heterocycles. The fourth-order valence-electron chi connectivity index (χ4n) is 2.59. The predicted octanol–water partition coefficient (Wildman–Crippen LogP) is 3.86. The molecule has 0 aliphatic rings. The number of hydrogen-bond donors (Lipinski definition) is 1. The molecular weight excluding hydrogens is 399 g/mol. The van der Waals surface area contributed by atoms with E-state index in [-0.39, 0.29) is 11.3 Å². The van der Waals surface area contributed by atoms with Gasteiger partial charge in [-0.1, -0.05) is 24.3 Å². The second-order valence-corrected chi connectivity index (χ2v) is 6.93. The van der Waals surface area contributed by atoms with Crippen molar-refractivity contribution in [2.75, 3.05) is 6.61 Å². The van der Waals surface area contributed by atoms with Gasteiger partial charge in [-0.2, -0.15) is 0 Å². The Bertz CT molecular complexity index is 1020. The number of nitrogens with one attached hydrogen (secondary N) is 1. The molecule has 1 N–H and O–H groups in total. The highest BCUT2D eigenvalue weighted by Gasteiger charge is 2.20. The molecule has 3 aromatic rings. The Hall–Kier alpha value is -3.59. The zero-order chi connectivity index (χ0) is 20.8. The van der Waals surface area contributed by atoms with Crippen LogP contribution in [0, 0.1) is 15.9 Å². The van der Waals surface area contributed by atoms with E-state index in [1.54, 1.807) is 12.1 Å². The first-order chi connectivity index (χ1) is 13.9. The van der Waals surface area contributed by atoms with Gasteiger partial charge in [-0.25, -0.2) is 9.18 Å². The predicted molar refractivity (Wildman–Crippen MR) is 104 cm³/mol. The zero-order valence-electron chi connectivity index (χ0n) is 14.9. The largest absolute Gasteiger partial charge is 0.452 e. The van der Waals surface area contributed by atoms with E-state index in [4.69, 9.17) is 4.74 Å². The number of nitrogens with zero attached hydrogens (tertiary/aromatic N) is 1. The van der Waals surface area contributed by atoms with Gasteiger partial charge in [0.25, 0.3) is 11.6 Å². The lowest BCUT2D eigenvalue weighted by Gasteiger charge is -2.18. The van der Waals surface area contributed by atoms with Crippen molar-refractivity contribution in [3.8, 4) is 0 Å². The minimum absolute atomic E-state index is 0.0275. The maximum absolute atomic E-state index is 13.2. The lowest BCUT2D eigenvalue weighted by atomic mass is 10.1. The summed E-state index contributed by atoms with van der Waals surface area (Å²) in [5.74, 6) is -1.80. The normalized spacial score (nSPS) is 11.5. The summed E-state index contributed by atoms with van der Waals surface area (Å²) >= 11 is 1.42. The standard InChI is InChI=1S/C20H15FN2O5S/c21-15-8-6-13(7-9-15)19(17-5-2-10-29-17)22-18(24)12-28-20(25)14-3-1-4-16(11-14)23(26)27/h1-11,19H,12H2,(H,22,24)/t19-/m0/s1. The Morgan fingerprint density at radius 3 is 2.55 bits per heavy atom. The average molecular weight is 414 g/mol. The Kier molecular flexibility index (Phi) is 6.30. The van der Waals surface area contributed by atoms with Gasteiger partial charge in [-0.3, -0.25) is 14.9 Å². The van der Waals surface area contributed by atoms with Crippen LogP contribution in [0.1, 0.15) is 26.8 Å². The molecular formula is C20H15FN2O5S. The quantitative estimate of drug-likeness (QED) is 0.360. The van der Waals surface area contributed by atoms with Crippen LogP contribution in [-0.2, 0) is 9.53 Å². The number of rotatable bonds is 7. The van der Waals surface area contributed by atoms with Crippen molar-refractivity contribution >= 4 is 28.9 Å². The van der Waals surface area contributed by atoms with Crippen molar-refractivity contribution in [2.45, 2.75) is 6.04 Å². The number of carbonyl (C=O) groups is 2. The summed E-state index contributed by atoms with van der Waals surface area (Å²) in [5, 5.41) is 15.4. The molecule has 0 bridgehead atoms. The van der Waals surface area contributed by atoms with Crippen LogP contribution in [0.25, 0.3) is 0 Å². The van der Waals surface area contributed by atoms with E-state index in [1.165, 1.54) is 41.7 Å². The number of hydrogen-bond acceptors (Lipinski definition) is 6. The van der Waals surface area contributed by atoms with E-state index < -0.39 is 35.3 Å². The van der Waals surface area contributed by atoms with Crippen LogP contribution in [0.15, 0.2) is 66.0 Å². The summed E-state index contributed by atoms with van der Waals surface area (Å²) in [5.41, 5.74) is 0.394. The van der Waals surface area contributed by atoms with Crippen molar-refractivity contribution in [1.82, 2.24) is 5.32 Å². The minimum Gasteiger partial charge on any atom is -0.452 e. The lowest BCUT2D eigenvalue weighted by molar-refractivity contribution is -0.384. The summed E-state index contributed by atoms with van der Waals surface area (Å²) in [7, 11) is 0. The van der Waals surface area contributed by atoms with Crippen molar-refractivity contribution < 1.29 is 23.6 Å². The first-order valence-corrected chi connectivity index (χ1v) is 9.32. The molecule has 0 spiro atoms. The summed E-state index contributed by atoms with van der Waals surface area (Å²) in [6.07, 6.45) is 0. The van der Waals surface area contributed by atoms with Crippen LogP contribution in [0.5, 0.6) is 0 Å². The van der Waals surface area contributed by atoms with Gasteiger partial charge in [0, 0.05) is 17.0 Å². The number of halogens is 1. The Labute approximate surface area is 168 Å². The molecule has 29 heavy (non-hydrogen) atoms. The van der Waals surface area contributed by atoms with Crippen LogP contribution < -0.4 is 5.32 Å². The molecule has 7 nitrogen and oxygen atoms in total. The lowest BCUT2D eigenvalue weighted by Crippen LogP contribution is -2.32. The van der Waals surface area contributed by atoms with Crippen molar-refractivity contribution in [2.24, 2.45) is 0 Å². The summed E-state index contributed by atoms with van der Waals surface area (Å²) in [6, 6.07) is 13.9. The summed E-state index contributed by atoms with van der Waals surface area (Å²) in [4.78, 5) is 35.4. The highest BCUT2D eigenvalue weighted by Crippen LogP contribution is 2.26. The molecule has 0 unspecified atom stereocenters. The molecule has 9 heteroatoms. The molecule has 0 radical (unpaired) electrons. The zero-order valence-corrected chi connectivity index (χ0v) is 15.7. The van der Waals surface area contributed by atoms with Crippen LogP contribution in [-0.4, -0.2) is 23.4 Å². The number of benzene rings is 2. The average Bonchev–Trinajstić information content (AvgIpc) is 3.25. The molecule has 1 atom stereocenters. The summed E-state index contributed by atoms with van der Waals surface area (Å²) < 4.78 is 18.2. The van der Waals surface area contributed by atoms with E-state index in [9.17, 15) is 24.1 Å². The van der Waals surface area contributed by atoms with Gasteiger partial charge in [-0.15, -0.1) is 11.3 Å². The van der Waals surface area contributed by atoms with Crippen molar-refractivity contribution in [3.05, 3.63) is 98.0 Å². The number of nitro groups is 1. The van der Waals surface area contributed by atoms with Gasteiger partial charge in [0.15, 0.2) is 6.61 Å². The van der Waals surface area contributed by atoms with Gasteiger partial charge in [-0.05, 0) is 35.2 Å². The van der Waals surface area contributed by atoms with Crippen LogP contribution in [0.4, 0.5) is 10.1 Å². The second kappa shape index (κ2) is 9.07. The Morgan fingerprint density at radius 2 is 1.90 bits per heavy atom. The van der Waals surface area contributed by atoms with Gasteiger partial charge < -0.3 is 10.1 Å². The third-order valence-corrected chi connectivity index (χ3v) is 4.90. The van der Waals surface area contributed by atoms with Gasteiger partial charge in [0.2, 0.25) is 0 Å². The number of carbonyl (C=O) groups excluding carboxylic acids is 2. The number of non-ortho nitro benzene ring substituents is 1. The molecule has 3 rings (SSSR count). The Morgan fingerprint density at radius 1 is 1.14 bits per heavy atom. The number of amides is 1. The smallest absolute Gasteiger partial charge is 0.338 e. The highest BCUT2D eigenvalue weighted by atomic mass is 32.1. The molecule has 148 valence electrons. The van der Waals surface area contributed by atoms with Gasteiger partial charge in [0.1, 0.15) is 5.82 Å². The fraction of sp³-hybridized carbons (Fsp3) is 0.100. The van der Waals surface area contributed by atoms with Gasteiger partial charge in [0.05, 0.1) is 16.5 Å². The molecule has 0 saturated heterocycles.